The zero-order chi connectivity index (χ0) is 14.6. The average molecular weight is 283 g/mol. The predicted octanol–water partition coefficient (Wildman–Crippen LogP) is 3.38. The van der Waals surface area contributed by atoms with Crippen LogP contribution >= 0.6 is 11.6 Å². The van der Waals surface area contributed by atoms with E-state index in [1.54, 1.807) is 18.9 Å². The lowest BCUT2D eigenvalue weighted by molar-refractivity contribution is -0.137. The lowest BCUT2D eigenvalue weighted by Gasteiger charge is -2.33. The minimum absolute atomic E-state index is 0.0236. The van der Waals surface area contributed by atoms with Crippen LogP contribution in [0.2, 0.25) is 5.02 Å². The number of nitrogens with two attached hydrogens (primary N) is 1. The molecule has 0 heterocycles. The van der Waals surface area contributed by atoms with Crippen molar-refractivity contribution in [1.29, 1.82) is 0 Å². The molecule has 0 saturated heterocycles. The molecule has 2 N–H and O–H groups in total. The van der Waals surface area contributed by atoms with E-state index in [-0.39, 0.29) is 11.9 Å². The Bertz CT molecular complexity index is 428. The summed E-state index contributed by atoms with van der Waals surface area (Å²) < 4.78 is 0. The van der Waals surface area contributed by atoms with Crippen molar-refractivity contribution in [1.82, 2.24) is 4.90 Å². The summed E-state index contributed by atoms with van der Waals surface area (Å²) in [6.45, 7) is 5.81. The molecule has 4 heteroatoms. The quantitative estimate of drug-likeness (QED) is 0.900. The van der Waals surface area contributed by atoms with E-state index in [0.717, 1.165) is 12.0 Å². The van der Waals surface area contributed by atoms with Crippen molar-refractivity contribution in [2.45, 2.75) is 45.2 Å². The standard InChI is InChI=1S/C15H23ClN2O/c1-5-10-15(3,17)14(19)18(4)11(2)12-6-8-13(16)9-7-12/h6-9,11H,5,10,17H2,1-4H3. The van der Waals surface area contributed by atoms with Gasteiger partial charge in [-0.3, -0.25) is 4.79 Å². The monoisotopic (exact) mass is 282 g/mol. The van der Waals surface area contributed by atoms with Crippen LogP contribution in [-0.4, -0.2) is 23.4 Å². The van der Waals surface area contributed by atoms with Crippen LogP contribution in [0.1, 0.15) is 45.2 Å². The number of rotatable bonds is 5. The van der Waals surface area contributed by atoms with Crippen LogP contribution < -0.4 is 5.73 Å². The van der Waals surface area contributed by atoms with E-state index < -0.39 is 5.54 Å². The van der Waals surface area contributed by atoms with Crippen molar-refractivity contribution in [3.63, 3.8) is 0 Å². The normalized spacial score (nSPS) is 15.7. The van der Waals surface area contributed by atoms with Gasteiger partial charge in [0.15, 0.2) is 0 Å². The van der Waals surface area contributed by atoms with E-state index in [1.807, 2.05) is 38.1 Å². The van der Waals surface area contributed by atoms with Gasteiger partial charge in [0.1, 0.15) is 0 Å². The van der Waals surface area contributed by atoms with Crippen LogP contribution in [0.15, 0.2) is 24.3 Å². The van der Waals surface area contributed by atoms with Crippen molar-refractivity contribution in [3.05, 3.63) is 34.9 Å². The van der Waals surface area contributed by atoms with Gasteiger partial charge in [0, 0.05) is 12.1 Å². The Morgan fingerprint density at radius 2 is 1.95 bits per heavy atom. The Balaban J connectivity index is 2.84. The van der Waals surface area contributed by atoms with Gasteiger partial charge in [-0.15, -0.1) is 0 Å². The topological polar surface area (TPSA) is 46.3 Å². The number of hydrogen-bond acceptors (Lipinski definition) is 2. The molecule has 0 aliphatic carbocycles. The van der Waals surface area contributed by atoms with Gasteiger partial charge in [0.25, 0.3) is 0 Å². The molecule has 0 fully saturated rings. The minimum atomic E-state index is -0.801. The molecule has 0 aromatic heterocycles. The molecule has 2 unspecified atom stereocenters. The number of carbonyl (C=O) groups is 1. The maximum absolute atomic E-state index is 12.4. The zero-order valence-electron chi connectivity index (χ0n) is 12.1. The molecule has 0 spiro atoms. The highest BCUT2D eigenvalue weighted by Gasteiger charge is 2.32. The van der Waals surface area contributed by atoms with E-state index in [4.69, 9.17) is 17.3 Å². The van der Waals surface area contributed by atoms with Gasteiger partial charge in [-0.25, -0.2) is 0 Å². The van der Waals surface area contributed by atoms with E-state index in [0.29, 0.717) is 11.4 Å². The van der Waals surface area contributed by atoms with Gasteiger partial charge in [-0.1, -0.05) is 37.1 Å². The highest BCUT2D eigenvalue weighted by Crippen LogP contribution is 2.23. The first-order chi connectivity index (χ1) is 8.79. The van der Waals surface area contributed by atoms with Crippen molar-refractivity contribution in [2.75, 3.05) is 7.05 Å². The molecule has 0 bridgehead atoms. The molecule has 0 saturated carbocycles. The number of amides is 1. The number of hydrogen-bond donors (Lipinski definition) is 1. The van der Waals surface area contributed by atoms with E-state index >= 15 is 0 Å². The van der Waals surface area contributed by atoms with Crippen LogP contribution in [0.3, 0.4) is 0 Å². The fourth-order valence-electron chi connectivity index (χ4n) is 2.17. The molecule has 2 atom stereocenters. The van der Waals surface area contributed by atoms with Gasteiger partial charge in [0.2, 0.25) is 5.91 Å². The maximum Gasteiger partial charge on any atom is 0.242 e. The number of likely N-dealkylation sites (N-methyl/N-ethyl adjacent to an activating group) is 1. The molecular weight excluding hydrogens is 260 g/mol. The van der Waals surface area contributed by atoms with Crippen LogP contribution in [0, 0.1) is 0 Å². The Kier molecular flexibility index (Phi) is 5.39. The lowest BCUT2D eigenvalue weighted by atomic mass is 9.94. The Hall–Kier alpha value is -1.06. The summed E-state index contributed by atoms with van der Waals surface area (Å²) in [5, 5.41) is 0.694. The van der Waals surface area contributed by atoms with Gasteiger partial charge in [-0.2, -0.15) is 0 Å². The molecule has 0 radical (unpaired) electrons. The molecule has 1 rings (SSSR count). The van der Waals surface area contributed by atoms with E-state index in [9.17, 15) is 4.79 Å². The van der Waals surface area contributed by atoms with Crippen molar-refractivity contribution in [2.24, 2.45) is 5.73 Å². The van der Waals surface area contributed by atoms with Crippen LogP contribution in [0.4, 0.5) is 0 Å². The van der Waals surface area contributed by atoms with Crippen LogP contribution in [0.5, 0.6) is 0 Å². The summed E-state index contributed by atoms with van der Waals surface area (Å²) in [5.41, 5.74) is 6.35. The third kappa shape index (κ3) is 3.95. The van der Waals surface area contributed by atoms with Crippen molar-refractivity contribution < 1.29 is 4.79 Å². The molecular formula is C15H23ClN2O. The molecule has 3 nitrogen and oxygen atoms in total. The molecule has 1 aromatic carbocycles. The van der Waals surface area contributed by atoms with Crippen LogP contribution in [-0.2, 0) is 4.79 Å². The molecule has 1 amide bonds. The molecule has 19 heavy (non-hydrogen) atoms. The number of nitrogens with zero attached hydrogens (tertiary/aromatic N) is 1. The second-order valence-corrected chi connectivity index (χ2v) is 5.75. The van der Waals surface area contributed by atoms with Gasteiger partial charge >= 0.3 is 0 Å². The first kappa shape index (κ1) is 16.0. The van der Waals surface area contributed by atoms with Crippen molar-refractivity contribution in [3.8, 4) is 0 Å². The first-order valence-corrected chi connectivity index (χ1v) is 6.99. The largest absolute Gasteiger partial charge is 0.337 e. The van der Waals surface area contributed by atoms with Crippen LogP contribution in [0.25, 0.3) is 0 Å². The number of benzene rings is 1. The smallest absolute Gasteiger partial charge is 0.242 e. The fourth-order valence-corrected chi connectivity index (χ4v) is 2.30. The summed E-state index contributed by atoms with van der Waals surface area (Å²) in [6.07, 6.45) is 1.57. The average Bonchev–Trinajstić information content (AvgIpc) is 2.37. The SMILES string of the molecule is CCCC(C)(N)C(=O)N(C)C(C)c1ccc(Cl)cc1. The molecule has 0 aliphatic heterocycles. The fraction of sp³-hybridized carbons (Fsp3) is 0.533. The van der Waals surface area contributed by atoms with Gasteiger partial charge < -0.3 is 10.6 Å². The lowest BCUT2D eigenvalue weighted by Crippen LogP contribution is -2.52. The Morgan fingerprint density at radius 1 is 1.42 bits per heavy atom. The highest BCUT2D eigenvalue weighted by molar-refractivity contribution is 6.30. The third-order valence-corrected chi connectivity index (χ3v) is 3.76. The second-order valence-electron chi connectivity index (χ2n) is 5.31. The predicted molar refractivity (Wildman–Crippen MR) is 80.1 cm³/mol. The minimum Gasteiger partial charge on any atom is -0.337 e. The van der Waals surface area contributed by atoms with Crippen molar-refractivity contribution >= 4 is 17.5 Å². The number of halogens is 1. The molecule has 0 aliphatic rings. The first-order valence-electron chi connectivity index (χ1n) is 6.61. The highest BCUT2D eigenvalue weighted by atomic mass is 35.5. The zero-order valence-corrected chi connectivity index (χ0v) is 12.9. The Morgan fingerprint density at radius 3 is 2.42 bits per heavy atom. The third-order valence-electron chi connectivity index (χ3n) is 3.51. The summed E-state index contributed by atoms with van der Waals surface area (Å²) in [5.74, 6) is -0.0307. The maximum atomic E-state index is 12.4. The summed E-state index contributed by atoms with van der Waals surface area (Å²) in [7, 11) is 1.79. The summed E-state index contributed by atoms with van der Waals surface area (Å²) in [6, 6.07) is 7.51. The Labute approximate surface area is 120 Å². The van der Waals surface area contributed by atoms with Gasteiger partial charge in [0.05, 0.1) is 11.6 Å². The number of carbonyl (C=O) groups excluding carboxylic acids is 1. The summed E-state index contributed by atoms with van der Waals surface area (Å²) >= 11 is 5.87. The molecule has 106 valence electrons. The van der Waals surface area contributed by atoms with E-state index in [1.165, 1.54) is 0 Å². The molecule has 1 aromatic rings. The van der Waals surface area contributed by atoms with E-state index in [2.05, 4.69) is 0 Å². The summed E-state index contributed by atoms with van der Waals surface area (Å²) in [4.78, 5) is 14.1. The van der Waals surface area contributed by atoms with Gasteiger partial charge in [-0.05, 0) is 38.0 Å². The second kappa shape index (κ2) is 6.40.